The minimum atomic E-state index is -0.566. The maximum Gasteiger partial charge on any atom is 0.417 e. The van der Waals surface area contributed by atoms with Crippen LogP contribution in [0.15, 0.2) is 72.9 Å². The molecule has 1 amide bonds. The maximum atomic E-state index is 12.3. The van der Waals surface area contributed by atoms with E-state index in [1.807, 2.05) is 18.2 Å². The van der Waals surface area contributed by atoms with Gasteiger partial charge in [0.15, 0.2) is 11.5 Å². The average Bonchev–Trinajstić information content (AvgIpc) is 2.84. The van der Waals surface area contributed by atoms with Gasteiger partial charge in [-0.05, 0) is 59.5 Å². The van der Waals surface area contributed by atoms with Crippen molar-refractivity contribution >= 4 is 22.7 Å². The Bertz CT molecular complexity index is 1330. The standard InChI is InChI=1S/C28H28N2O5/c1-28(2,3)18-6-10-21(11-7-18)35-27(31)30-19-8-12-20(13-9-19)34-24-14-15-29-23-17-26(33-5)25(32-4)16-22(23)24/h6-17H,1-5H3,(H,30,31). The monoisotopic (exact) mass is 472 g/mol. The zero-order valence-corrected chi connectivity index (χ0v) is 20.4. The molecule has 180 valence electrons. The van der Waals surface area contributed by atoms with Gasteiger partial charge in [-0.15, -0.1) is 0 Å². The third kappa shape index (κ3) is 5.63. The van der Waals surface area contributed by atoms with Gasteiger partial charge < -0.3 is 18.9 Å². The lowest BCUT2D eigenvalue weighted by atomic mass is 9.87. The molecule has 1 N–H and O–H groups in total. The van der Waals surface area contributed by atoms with Crippen LogP contribution in [0.25, 0.3) is 10.9 Å². The molecule has 0 aliphatic carbocycles. The molecule has 0 spiro atoms. The number of nitrogens with zero attached hydrogens (tertiary/aromatic N) is 1. The Hall–Kier alpha value is -4.26. The number of pyridine rings is 1. The summed E-state index contributed by atoms with van der Waals surface area (Å²) >= 11 is 0. The zero-order chi connectivity index (χ0) is 25.0. The van der Waals surface area contributed by atoms with Crippen LogP contribution in [-0.2, 0) is 5.41 Å². The molecule has 0 saturated carbocycles. The number of anilines is 1. The summed E-state index contributed by atoms with van der Waals surface area (Å²) in [6, 6.07) is 19.9. The van der Waals surface area contributed by atoms with Crippen molar-refractivity contribution in [2.75, 3.05) is 19.5 Å². The molecule has 0 radical (unpaired) electrons. The molecule has 0 unspecified atom stereocenters. The second-order valence-electron chi connectivity index (χ2n) is 8.95. The Kier molecular flexibility index (Phi) is 6.78. The molecule has 4 aromatic rings. The quantitative estimate of drug-likeness (QED) is 0.327. The number of amides is 1. The van der Waals surface area contributed by atoms with Crippen LogP contribution in [0.1, 0.15) is 26.3 Å². The third-order valence-electron chi connectivity index (χ3n) is 5.47. The van der Waals surface area contributed by atoms with Gasteiger partial charge in [-0.3, -0.25) is 10.3 Å². The van der Waals surface area contributed by atoms with Crippen LogP contribution in [-0.4, -0.2) is 25.3 Å². The normalized spacial score (nSPS) is 11.1. The minimum absolute atomic E-state index is 0.0338. The predicted molar refractivity (Wildman–Crippen MR) is 136 cm³/mol. The Balaban J connectivity index is 1.43. The summed E-state index contributed by atoms with van der Waals surface area (Å²) in [5, 5.41) is 3.51. The SMILES string of the molecule is COc1cc2nccc(Oc3ccc(NC(=O)Oc4ccc(C(C)(C)C)cc4)cc3)c2cc1OC. The number of carbonyl (C=O) groups is 1. The molecule has 0 aliphatic heterocycles. The van der Waals surface area contributed by atoms with Crippen molar-refractivity contribution < 1.29 is 23.7 Å². The summed E-state index contributed by atoms with van der Waals surface area (Å²) < 4.78 is 22.2. The molecule has 0 aliphatic rings. The van der Waals surface area contributed by atoms with E-state index < -0.39 is 6.09 Å². The zero-order valence-electron chi connectivity index (χ0n) is 20.4. The number of carbonyl (C=O) groups excluding carboxylic acids is 1. The lowest BCUT2D eigenvalue weighted by molar-refractivity contribution is 0.215. The first-order valence-electron chi connectivity index (χ1n) is 11.1. The number of methoxy groups -OCH3 is 2. The van der Waals surface area contributed by atoms with E-state index in [0.717, 1.165) is 10.9 Å². The molecule has 0 fully saturated rings. The van der Waals surface area contributed by atoms with E-state index in [2.05, 4.69) is 31.1 Å². The molecular weight excluding hydrogens is 444 g/mol. The smallest absolute Gasteiger partial charge is 0.417 e. The highest BCUT2D eigenvalue weighted by atomic mass is 16.6. The molecule has 0 saturated heterocycles. The predicted octanol–water partition coefficient (Wildman–Crippen LogP) is 6.95. The number of hydrogen-bond acceptors (Lipinski definition) is 6. The molecule has 4 rings (SSSR count). The van der Waals surface area contributed by atoms with E-state index in [0.29, 0.717) is 34.4 Å². The summed E-state index contributed by atoms with van der Waals surface area (Å²) in [6.45, 7) is 6.40. The van der Waals surface area contributed by atoms with Gasteiger partial charge in [0, 0.05) is 23.3 Å². The van der Waals surface area contributed by atoms with Crippen LogP contribution < -0.4 is 24.3 Å². The van der Waals surface area contributed by atoms with Gasteiger partial charge in [0.1, 0.15) is 17.2 Å². The van der Waals surface area contributed by atoms with Gasteiger partial charge in [-0.2, -0.15) is 0 Å². The lowest BCUT2D eigenvalue weighted by Crippen LogP contribution is -2.17. The van der Waals surface area contributed by atoms with Crippen molar-refractivity contribution in [3.05, 3.63) is 78.5 Å². The maximum absolute atomic E-state index is 12.3. The number of nitrogens with one attached hydrogen (secondary N) is 1. The fourth-order valence-corrected chi connectivity index (χ4v) is 3.54. The summed E-state index contributed by atoms with van der Waals surface area (Å²) in [5.74, 6) is 2.88. The number of rotatable bonds is 6. The molecule has 7 nitrogen and oxygen atoms in total. The van der Waals surface area contributed by atoms with E-state index >= 15 is 0 Å². The second kappa shape index (κ2) is 9.93. The largest absolute Gasteiger partial charge is 0.493 e. The molecule has 35 heavy (non-hydrogen) atoms. The highest BCUT2D eigenvalue weighted by Crippen LogP contribution is 2.37. The van der Waals surface area contributed by atoms with Crippen LogP contribution >= 0.6 is 0 Å². The second-order valence-corrected chi connectivity index (χ2v) is 8.95. The Labute approximate surface area is 204 Å². The Morgan fingerprint density at radius 2 is 1.43 bits per heavy atom. The third-order valence-corrected chi connectivity index (χ3v) is 5.47. The van der Waals surface area contributed by atoms with E-state index in [-0.39, 0.29) is 5.41 Å². The van der Waals surface area contributed by atoms with E-state index in [1.54, 1.807) is 68.9 Å². The van der Waals surface area contributed by atoms with E-state index in [4.69, 9.17) is 18.9 Å². The molecule has 1 aromatic heterocycles. The van der Waals surface area contributed by atoms with Crippen molar-refractivity contribution in [1.29, 1.82) is 0 Å². The van der Waals surface area contributed by atoms with E-state index in [1.165, 1.54) is 5.56 Å². The Morgan fingerprint density at radius 3 is 2.06 bits per heavy atom. The fraction of sp³-hybridized carbons (Fsp3) is 0.214. The van der Waals surface area contributed by atoms with E-state index in [9.17, 15) is 4.79 Å². The molecule has 0 atom stereocenters. The highest BCUT2D eigenvalue weighted by molar-refractivity contribution is 5.88. The van der Waals surface area contributed by atoms with Crippen molar-refractivity contribution in [2.45, 2.75) is 26.2 Å². The van der Waals surface area contributed by atoms with Crippen LogP contribution in [0.2, 0.25) is 0 Å². The van der Waals surface area contributed by atoms with Gasteiger partial charge in [0.05, 0.1) is 19.7 Å². The molecule has 3 aromatic carbocycles. The summed E-state index contributed by atoms with van der Waals surface area (Å²) in [6.07, 6.45) is 1.10. The van der Waals surface area contributed by atoms with Crippen LogP contribution in [0.3, 0.4) is 0 Å². The van der Waals surface area contributed by atoms with Crippen LogP contribution in [0, 0.1) is 0 Å². The van der Waals surface area contributed by atoms with Crippen molar-refractivity contribution in [2.24, 2.45) is 0 Å². The van der Waals surface area contributed by atoms with Crippen molar-refractivity contribution in [3.63, 3.8) is 0 Å². The molecule has 0 bridgehead atoms. The van der Waals surface area contributed by atoms with Gasteiger partial charge >= 0.3 is 6.09 Å². The topological polar surface area (TPSA) is 78.9 Å². The van der Waals surface area contributed by atoms with Gasteiger partial charge in [-0.1, -0.05) is 32.9 Å². The summed E-state index contributed by atoms with van der Waals surface area (Å²) in [5.41, 5.74) is 2.50. The number of aromatic nitrogens is 1. The summed E-state index contributed by atoms with van der Waals surface area (Å²) in [7, 11) is 3.16. The number of benzene rings is 3. The molecule has 7 heteroatoms. The Morgan fingerprint density at radius 1 is 0.800 bits per heavy atom. The van der Waals surface area contributed by atoms with Crippen LogP contribution in [0.5, 0.6) is 28.7 Å². The minimum Gasteiger partial charge on any atom is -0.493 e. The first kappa shape index (κ1) is 23.9. The average molecular weight is 473 g/mol. The first-order valence-corrected chi connectivity index (χ1v) is 11.1. The molecular formula is C28H28N2O5. The molecule has 1 heterocycles. The van der Waals surface area contributed by atoms with Gasteiger partial charge in [0.25, 0.3) is 0 Å². The lowest BCUT2D eigenvalue weighted by Gasteiger charge is -2.19. The van der Waals surface area contributed by atoms with Crippen molar-refractivity contribution in [1.82, 2.24) is 4.98 Å². The highest BCUT2D eigenvalue weighted by Gasteiger charge is 2.14. The van der Waals surface area contributed by atoms with Gasteiger partial charge in [0.2, 0.25) is 0 Å². The van der Waals surface area contributed by atoms with Crippen LogP contribution in [0.4, 0.5) is 10.5 Å². The first-order chi connectivity index (χ1) is 16.8. The fourth-order valence-electron chi connectivity index (χ4n) is 3.54. The van der Waals surface area contributed by atoms with Gasteiger partial charge in [-0.25, -0.2) is 4.79 Å². The number of hydrogen-bond donors (Lipinski definition) is 1. The summed E-state index contributed by atoms with van der Waals surface area (Å²) in [4.78, 5) is 16.7. The number of fused-ring (bicyclic) bond motifs is 1. The number of ether oxygens (including phenoxy) is 4. The van der Waals surface area contributed by atoms with Crippen molar-refractivity contribution in [3.8, 4) is 28.7 Å².